The molecule has 4 nitrogen and oxygen atoms in total. The molecule has 0 spiro atoms. The zero-order valence-electron chi connectivity index (χ0n) is 20.5. The van der Waals surface area contributed by atoms with Crippen molar-refractivity contribution in [3.8, 4) is 17.6 Å². The summed E-state index contributed by atoms with van der Waals surface area (Å²) in [5, 5.41) is 14.6. The Balaban J connectivity index is 1.38. The first-order valence-electron chi connectivity index (χ1n) is 13.0. The highest BCUT2D eigenvalue weighted by molar-refractivity contribution is 5.45. The van der Waals surface area contributed by atoms with Gasteiger partial charge in [-0.2, -0.15) is 0 Å². The highest BCUT2D eigenvalue weighted by Gasteiger charge is 2.51. The summed E-state index contributed by atoms with van der Waals surface area (Å²) in [5.41, 5.74) is 3.48. The average Bonchev–Trinajstić information content (AvgIpc) is 2.86. The van der Waals surface area contributed by atoms with E-state index in [1.54, 1.807) is 0 Å². The van der Waals surface area contributed by atoms with Gasteiger partial charge in [0.25, 0.3) is 0 Å². The third kappa shape index (κ3) is 4.89. The maximum absolute atomic E-state index is 11.2. The molecule has 2 fully saturated rings. The molecular weight excluding hydrogens is 420 g/mol. The molecule has 1 heterocycles. The number of fused-ring (bicyclic) bond motifs is 3. The van der Waals surface area contributed by atoms with E-state index in [1.165, 1.54) is 16.7 Å². The number of nitrogens with zero attached hydrogens (tertiary/aromatic N) is 1. The van der Waals surface area contributed by atoms with Crippen LogP contribution in [0.25, 0.3) is 0 Å². The minimum absolute atomic E-state index is 0.0515. The largest absolute Gasteiger partial charge is 0.492 e. The molecule has 0 aromatic heterocycles. The third-order valence-electron chi connectivity index (χ3n) is 8.33. The average molecular weight is 459 g/mol. The lowest BCUT2D eigenvalue weighted by Gasteiger charge is -2.52. The summed E-state index contributed by atoms with van der Waals surface area (Å²) < 4.78 is 6.21. The van der Waals surface area contributed by atoms with Crippen molar-refractivity contribution in [3.05, 3.63) is 65.2 Å². The van der Waals surface area contributed by atoms with Crippen LogP contribution in [-0.2, 0) is 18.3 Å². The van der Waals surface area contributed by atoms with Gasteiger partial charge in [-0.3, -0.25) is 4.90 Å². The molecule has 180 valence electrons. The summed E-state index contributed by atoms with van der Waals surface area (Å²) in [7, 11) is 0. The number of aliphatic hydroxyl groups is 1. The molecule has 3 aliphatic rings. The molecule has 0 bridgehead atoms. The minimum Gasteiger partial charge on any atom is -0.492 e. The monoisotopic (exact) mass is 458 g/mol. The van der Waals surface area contributed by atoms with Gasteiger partial charge in [0, 0.05) is 38.1 Å². The smallest absolute Gasteiger partial charge is 0.125 e. The van der Waals surface area contributed by atoms with Crippen molar-refractivity contribution < 1.29 is 9.84 Å². The highest BCUT2D eigenvalue weighted by atomic mass is 16.5. The predicted octanol–water partition coefficient (Wildman–Crippen LogP) is 3.95. The maximum Gasteiger partial charge on any atom is 0.125 e. The van der Waals surface area contributed by atoms with Crippen LogP contribution in [0.2, 0.25) is 0 Å². The fraction of sp³-hybridized carbons (Fsp3) is 0.533. The normalized spacial score (nSPS) is 28.8. The van der Waals surface area contributed by atoms with Crippen LogP contribution in [0.5, 0.6) is 5.75 Å². The Bertz CT molecular complexity index is 1040. The zero-order valence-corrected chi connectivity index (χ0v) is 20.5. The number of aryl methyl sites for hydroxylation is 1. The molecular formula is C30H38N2O2. The van der Waals surface area contributed by atoms with Crippen LogP contribution in [0.15, 0.2) is 48.5 Å². The van der Waals surface area contributed by atoms with Crippen molar-refractivity contribution in [2.75, 3.05) is 39.3 Å². The molecule has 2 N–H and O–H groups in total. The first-order chi connectivity index (χ1) is 16.6. The van der Waals surface area contributed by atoms with Crippen molar-refractivity contribution in [2.24, 2.45) is 5.92 Å². The summed E-state index contributed by atoms with van der Waals surface area (Å²) in [6.07, 6.45) is 5.62. The molecule has 2 aliphatic carbocycles. The van der Waals surface area contributed by atoms with E-state index in [2.05, 4.69) is 70.6 Å². The molecule has 5 rings (SSSR count). The van der Waals surface area contributed by atoms with Gasteiger partial charge in [-0.25, -0.2) is 0 Å². The highest BCUT2D eigenvalue weighted by Crippen LogP contribution is 2.54. The zero-order chi connectivity index (χ0) is 23.4. The van der Waals surface area contributed by atoms with E-state index in [0.717, 1.165) is 83.6 Å². The number of piperazine rings is 1. The van der Waals surface area contributed by atoms with E-state index in [0.29, 0.717) is 5.92 Å². The molecule has 3 atom stereocenters. The molecule has 0 unspecified atom stereocenters. The van der Waals surface area contributed by atoms with Gasteiger partial charge in [0.2, 0.25) is 0 Å². The second-order valence-electron chi connectivity index (χ2n) is 10.4. The Kier molecular flexibility index (Phi) is 6.97. The van der Waals surface area contributed by atoms with Gasteiger partial charge in [-0.1, -0.05) is 42.3 Å². The number of rotatable bonds is 6. The minimum atomic E-state index is -0.843. The van der Waals surface area contributed by atoms with Crippen molar-refractivity contribution in [1.82, 2.24) is 10.2 Å². The summed E-state index contributed by atoms with van der Waals surface area (Å²) in [6, 6.07) is 17.7. The Morgan fingerprint density at radius 2 is 1.94 bits per heavy atom. The SMILES string of the molecule is CC#C[C@@]1(O)CC[C@@]2(Cc3ccccc3)c3ccc(OCCN4CCNCC4)cc3CC[C@@H]2C1. The third-order valence-corrected chi connectivity index (χ3v) is 8.33. The van der Waals surface area contributed by atoms with Crippen LogP contribution in [0.4, 0.5) is 0 Å². The van der Waals surface area contributed by atoms with Gasteiger partial charge in [-0.05, 0) is 80.2 Å². The summed E-state index contributed by atoms with van der Waals surface area (Å²) in [4.78, 5) is 2.47. The van der Waals surface area contributed by atoms with E-state index in [-0.39, 0.29) is 5.41 Å². The van der Waals surface area contributed by atoms with Gasteiger partial charge in [0.1, 0.15) is 18.0 Å². The Labute approximate surface area is 204 Å². The molecule has 0 amide bonds. The van der Waals surface area contributed by atoms with Crippen LogP contribution in [-0.4, -0.2) is 54.9 Å². The quantitative estimate of drug-likeness (QED) is 0.644. The number of ether oxygens (including phenoxy) is 1. The molecule has 4 heteroatoms. The van der Waals surface area contributed by atoms with E-state index < -0.39 is 5.60 Å². The number of nitrogens with one attached hydrogen (secondary N) is 1. The topological polar surface area (TPSA) is 44.7 Å². The van der Waals surface area contributed by atoms with E-state index >= 15 is 0 Å². The molecule has 2 aromatic carbocycles. The number of hydrogen-bond donors (Lipinski definition) is 2. The number of benzene rings is 2. The lowest BCUT2D eigenvalue weighted by atomic mass is 9.52. The van der Waals surface area contributed by atoms with E-state index in [9.17, 15) is 5.11 Å². The summed E-state index contributed by atoms with van der Waals surface area (Å²) in [6.45, 7) is 7.90. The van der Waals surface area contributed by atoms with E-state index in [1.807, 2.05) is 6.92 Å². The molecule has 34 heavy (non-hydrogen) atoms. The van der Waals surface area contributed by atoms with Crippen LogP contribution >= 0.6 is 0 Å². The van der Waals surface area contributed by atoms with Crippen LogP contribution in [0.1, 0.15) is 49.3 Å². The molecule has 1 saturated carbocycles. The first kappa shape index (κ1) is 23.4. The maximum atomic E-state index is 11.2. The van der Waals surface area contributed by atoms with Gasteiger partial charge in [0.15, 0.2) is 0 Å². The fourth-order valence-electron chi connectivity index (χ4n) is 6.62. The Morgan fingerprint density at radius 1 is 1.12 bits per heavy atom. The molecule has 2 aromatic rings. The Hall–Kier alpha value is -2.32. The second kappa shape index (κ2) is 10.1. The molecule has 1 aliphatic heterocycles. The lowest BCUT2D eigenvalue weighted by Crippen LogP contribution is -2.50. The van der Waals surface area contributed by atoms with Crippen molar-refractivity contribution in [3.63, 3.8) is 0 Å². The summed E-state index contributed by atoms with van der Waals surface area (Å²) >= 11 is 0. The standard InChI is InChI=1S/C30H38N2O2/c1-2-12-29(33)13-14-30(22-24-6-4-3-5-7-24)26(23-29)9-8-25-21-27(10-11-28(25)30)34-20-19-32-17-15-31-16-18-32/h3-7,10-11,21,26,31,33H,8-9,13-20,22-23H2,1H3/t26-,29-,30+/m1/s1. The van der Waals surface area contributed by atoms with Gasteiger partial charge >= 0.3 is 0 Å². The van der Waals surface area contributed by atoms with Crippen LogP contribution in [0.3, 0.4) is 0 Å². The van der Waals surface area contributed by atoms with Gasteiger partial charge in [0.05, 0.1) is 0 Å². The number of hydrogen-bond acceptors (Lipinski definition) is 4. The van der Waals surface area contributed by atoms with Crippen molar-refractivity contribution in [1.29, 1.82) is 0 Å². The van der Waals surface area contributed by atoms with Gasteiger partial charge in [-0.15, -0.1) is 5.92 Å². The van der Waals surface area contributed by atoms with Crippen molar-refractivity contribution in [2.45, 2.75) is 56.5 Å². The van der Waals surface area contributed by atoms with Crippen molar-refractivity contribution >= 4 is 0 Å². The van der Waals surface area contributed by atoms with Gasteiger partial charge < -0.3 is 15.2 Å². The summed E-state index contributed by atoms with van der Waals surface area (Å²) in [5.74, 6) is 7.54. The first-order valence-corrected chi connectivity index (χ1v) is 13.0. The second-order valence-corrected chi connectivity index (χ2v) is 10.4. The molecule has 0 radical (unpaired) electrons. The molecule has 1 saturated heterocycles. The van der Waals surface area contributed by atoms with Crippen LogP contribution < -0.4 is 10.1 Å². The van der Waals surface area contributed by atoms with E-state index in [4.69, 9.17) is 4.74 Å². The predicted molar refractivity (Wildman–Crippen MR) is 137 cm³/mol. The lowest BCUT2D eigenvalue weighted by molar-refractivity contribution is -0.00805. The Morgan fingerprint density at radius 3 is 2.74 bits per heavy atom. The van der Waals surface area contributed by atoms with Crippen LogP contribution in [0, 0.1) is 17.8 Å². The fourth-order valence-corrected chi connectivity index (χ4v) is 6.62.